The number of hydrogen-bond acceptors (Lipinski definition) is 3. The Morgan fingerprint density at radius 1 is 1.38 bits per heavy atom. The van der Waals surface area contributed by atoms with Gasteiger partial charge in [-0.05, 0) is 38.3 Å². The van der Waals surface area contributed by atoms with Crippen LogP contribution in [0.5, 0.6) is 0 Å². The molecule has 2 unspecified atom stereocenters. The van der Waals surface area contributed by atoms with Crippen molar-refractivity contribution in [3.05, 3.63) is 29.8 Å². The molecule has 4 heteroatoms. The van der Waals surface area contributed by atoms with Gasteiger partial charge in [-0.15, -0.1) is 0 Å². The smallest absolute Gasteiger partial charge is 0.253 e. The SMILES string of the molecule is CCOC1CC(NC(=O)c2ccccc2N)C12CCCC2. The quantitative estimate of drug-likeness (QED) is 0.837. The normalized spacial score (nSPS) is 26.5. The van der Waals surface area contributed by atoms with Gasteiger partial charge in [-0.1, -0.05) is 25.0 Å². The summed E-state index contributed by atoms with van der Waals surface area (Å²) in [6, 6.07) is 7.47. The van der Waals surface area contributed by atoms with Gasteiger partial charge in [0, 0.05) is 23.8 Å². The van der Waals surface area contributed by atoms with Crippen LogP contribution >= 0.6 is 0 Å². The van der Waals surface area contributed by atoms with E-state index in [0.717, 1.165) is 25.9 Å². The first kappa shape index (κ1) is 14.4. The minimum absolute atomic E-state index is 0.0562. The number of nitrogens with one attached hydrogen (secondary N) is 1. The highest BCUT2D eigenvalue weighted by molar-refractivity contribution is 5.99. The number of carbonyl (C=O) groups excluding carboxylic acids is 1. The van der Waals surface area contributed by atoms with Crippen LogP contribution in [0.15, 0.2) is 24.3 Å². The van der Waals surface area contributed by atoms with Crippen LogP contribution in [0.3, 0.4) is 0 Å². The summed E-state index contributed by atoms with van der Waals surface area (Å²) in [5.41, 5.74) is 7.17. The highest BCUT2D eigenvalue weighted by Crippen LogP contribution is 2.54. The van der Waals surface area contributed by atoms with Gasteiger partial charge in [0.15, 0.2) is 0 Å². The number of ether oxygens (including phenoxy) is 1. The molecule has 2 aliphatic carbocycles. The molecule has 1 aromatic rings. The third-order valence-corrected chi connectivity index (χ3v) is 5.20. The minimum Gasteiger partial charge on any atom is -0.398 e. The van der Waals surface area contributed by atoms with Crippen molar-refractivity contribution in [2.24, 2.45) is 5.41 Å². The van der Waals surface area contributed by atoms with Gasteiger partial charge in [0.05, 0.1) is 11.7 Å². The summed E-state index contributed by atoms with van der Waals surface area (Å²) in [5.74, 6) is -0.0562. The Balaban J connectivity index is 1.71. The number of nitrogens with two attached hydrogens (primary N) is 1. The highest BCUT2D eigenvalue weighted by Gasteiger charge is 2.57. The van der Waals surface area contributed by atoms with E-state index < -0.39 is 0 Å². The molecular formula is C17H24N2O2. The van der Waals surface area contributed by atoms with Crippen LogP contribution in [0.2, 0.25) is 0 Å². The topological polar surface area (TPSA) is 64.3 Å². The first-order valence-electron chi connectivity index (χ1n) is 7.94. The molecule has 1 spiro atoms. The van der Waals surface area contributed by atoms with E-state index in [-0.39, 0.29) is 17.4 Å². The van der Waals surface area contributed by atoms with Gasteiger partial charge in [-0.3, -0.25) is 4.79 Å². The monoisotopic (exact) mass is 288 g/mol. The van der Waals surface area contributed by atoms with Crippen molar-refractivity contribution >= 4 is 11.6 Å². The van der Waals surface area contributed by atoms with Crippen LogP contribution in [-0.4, -0.2) is 24.7 Å². The molecule has 0 saturated heterocycles. The molecule has 3 N–H and O–H groups in total. The fourth-order valence-electron chi connectivity index (χ4n) is 4.03. The van der Waals surface area contributed by atoms with Crippen LogP contribution in [0, 0.1) is 5.41 Å². The molecule has 2 atom stereocenters. The molecule has 1 aromatic carbocycles. The molecule has 2 aliphatic rings. The van der Waals surface area contributed by atoms with Crippen molar-refractivity contribution in [1.82, 2.24) is 5.32 Å². The molecule has 4 nitrogen and oxygen atoms in total. The zero-order valence-electron chi connectivity index (χ0n) is 12.6. The number of nitrogen functional groups attached to an aromatic ring is 1. The number of anilines is 1. The highest BCUT2D eigenvalue weighted by atomic mass is 16.5. The fourth-order valence-corrected chi connectivity index (χ4v) is 4.03. The lowest BCUT2D eigenvalue weighted by molar-refractivity contribution is -0.127. The molecule has 2 fully saturated rings. The van der Waals surface area contributed by atoms with Crippen LogP contribution in [0.4, 0.5) is 5.69 Å². The molecule has 0 heterocycles. The number of amides is 1. The van der Waals surface area contributed by atoms with Gasteiger partial charge < -0.3 is 15.8 Å². The van der Waals surface area contributed by atoms with Crippen LogP contribution in [-0.2, 0) is 4.74 Å². The van der Waals surface area contributed by atoms with Crippen molar-refractivity contribution in [3.8, 4) is 0 Å². The van der Waals surface area contributed by atoms with Crippen LogP contribution in [0.25, 0.3) is 0 Å². The number of rotatable bonds is 4. The van der Waals surface area contributed by atoms with E-state index in [9.17, 15) is 4.79 Å². The molecule has 0 bridgehead atoms. The number of hydrogen-bond donors (Lipinski definition) is 2. The van der Waals surface area contributed by atoms with Crippen molar-refractivity contribution in [3.63, 3.8) is 0 Å². The lowest BCUT2D eigenvalue weighted by Gasteiger charge is -2.54. The van der Waals surface area contributed by atoms with E-state index in [0.29, 0.717) is 17.4 Å². The van der Waals surface area contributed by atoms with E-state index in [1.807, 2.05) is 19.1 Å². The molecule has 0 radical (unpaired) electrons. The maximum atomic E-state index is 12.4. The second-order valence-electron chi connectivity index (χ2n) is 6.23. The van der Waals surface area contributed by atoms with Gasteiger partial charge in [-0.25, -0.2) is 0 Å². The molecule has 21 heavy (non-hydrogen) atoms. The molecule has 114 valence electrons. The van der Waals surface area contributed by atoms with Crippen molar-refractivity contribution in [2.45, 2.75) is 51.2 Å². The van der Waals surface area contributed by atoms with Gasteiger partial charge in [-0.2, -0.15) is 0 Å². The van der Waals surface area contributed by atoms with Gasteiger partial charge in [0.2, 0.25) is 0 Å². The average Bonchev–Trinajstić information content (AvgIpc) is 2.99. The Labute approximate surface area is 126 Å². The Morgan fingerprint density at radius 3 is 2.76 bits per heavy atom. The minimum atomic E-state index is -0.0562. The van der Waals surface area contributed by atoms with Gasteiger partial charge in [0.1, 0.15) is 0 Å². The van der Waals surface area contributed by atoms with E-state index in [2.05, 4.69) is 5.32 Å². The predicted octanol–water partition coefficient (Wildman–Crippen LogP) is 2.74. The number of carbonyl (C=O) groups is 1. The van der Waals surface area contributed by atoms with Gasteiger partial charge >= 0.3 is 0 Å². The fraction of sp³-hybridized carbons (Fsp3) is 0.588. The van der Waals surface area contributed by atoms with Crippen LogP contribution in [0.1, 0.15) is 49.4 Å². The van der Waals surface area contributed by atoms with E-state index in [1.165, 1.54) is 12.8 Å². The first-order valence-corrected chi connectivity index (χ1v) is 7.94. The van der Waals surface area contributed by atoms with Crippen molar-refractivity contribution < 1.29 is 9.53 Å². The number of para-hydroxylation sites is 1. The number of benzene rings is 1. The summed E-state index contributed by atoms with van der Waals surface area (Å²) in [5, 5.41) is 3.20. The Hall–Kier alpha value is -1.55. The Bertz CT molecular complexity index is 523. The largest absolute Gasteiger partial charge is 0.398 e. The summed E-state index contributed by atoms with van der Waals surface area (Å²) < 4.78 is 5.88. The van der Waals surface area contributed by atoms with E-state index in [1.54, 1.807) is 12.1 Å². The average molecular weight is 288 g/mol. The van der Waals surface area contributed by atoms with Gasteiger partial charge in [0.25, 0.3) is 5.91 Å². The molecule has 0 aromatic heterocycles. The Kier molecular flexibility index (Phi) is 3.89. The summed E-state index contributed by atoms with van der Waals surface area (Å²) in [6.45, 7) is 2.79. The first-order chi connectivity index (χ1) is 10.2. The summed E-state index contributed by atoms with van der Waals surface area (Å²) in [7, 11) is 0. The molecular weight excluding hydrogens is 264 g/mol. The zero-order valence-corrected chi connectivity index (χ0v) is 12.6. The predicted molar refractivity (Wildman–Crippen MR) is 83.0 cm³/mol. The summed E-state index contributed by atoms with van der Waals surface area (Å²) in [4.78, 5) is 12.4. The summed E-state index contributed by atoms with van der Waals surface area (Å²) in [6.07, 6.45) is 6.03. The zero-order chi connectivity index (χ0) is 14.9. The lowest BCUT2D eigenvalue weighted by atomic mass is 9.60. The van der Waals surface area contributed by atoms with Crippen molar-refractivity contribution in [2.75, 3.05) is 12.3 Å². The third-order valence-electron chi connectivity index (χ3n) is 5.20. The molecule has 2 saturated carbocycles. The second kappa shape index (κ2) is 5.68. The Morgan fingerprint density at radius 2 is 2.10 bits per heavy atom. The maximum absolute atomic E-state index is 12.4. The molecule has 0 aliphatic heterocycles. The third kappa shape index (κ3) is 2.42. The standard InChI is InChI=1S/C17H24N2O2/c1-2-21-15-11-14(17(15)9-5-6-10-17)19-16(20)12-7-3-4-8-13(12)18/h3-4,7-8,14-15H,2,5-6,9-11,18H2,1H3,(H,19,20). The molecule has 1 amide bonds. The van der Waals surface area contributed by atoms with Crippen molar-refractivity contribution in [1.29, 1.82) is 0 Å². The van der Waals surface area contributed by atoms with E-state index >= 15 is 0 Å². The lowest BCUT2D eigenvalue weighted by Crippen LogP contribution is -2.63. The molecule has 3 rings (SSSR count). The maximum Gasteiger partial charge on any atom is 0.253 e. The second-order valence-corrected chi connectivity index (χ2v) is 6.23. The van der Waals surface area contributed by atoms with E-state index in [4.69, 9.17) is 10.5 Å². The van der Waals surface area contributed by atoms with Crippen LogP contribution < -0.4 is 11.1 Å². The summed E-state index contributed by atoms with van der Waals surface area (Å²) >= 11 is 0.